The molecule has 112 valence electrons. The van der Waals surface area contributed by atoms with Crippen LogP contribution >= 0.6 is 0 Å². The quantitative estimate of drug-likeness (QED) is 0.808. The first-order chi connectivity index (χ1) is 10.8. The highest BCUT2D eigenvalue weighted by molar-refractivity contribution is 5.84. The van der Waals surface area contributed by atoms with Crippen molar-refractivity contribution >= 4 is 5.91 Å². The number of benzene rings is 1. The van der Waals surface area contributed by atoms with E-state index in [1.807, 2.05) is 60.5 Å². The predicted molar refractivity (Wildman–Crippen MR) is 87.3 cm³/mol. The van der Waals surface area contributed by atoms with Gasteiger partial charge < -0.3 is 4.90 Å². The Kier molecular flexibility index (Phi) is 4.33. The molecule has 0 radical (unpaired) electrons. The van der Waals surface area contributed by atoms with Crippen molar-refractivity contribution in [2.75, 3.05) is 6.54 Å². The van der Waals surface area contributed by atoms with Gasteiger partial charge in [-0.05, 0) is 30.5 Å². The SMILES string of the molecule is C[C@H](C(=O)N1CC=CC[C@@H]1c1cccnc1)c1ccccc1. The summed E-state index contributed by atoms with van der Waals surface area (Å²) in [4.78, 5) is 19.1. The lowest BCUT2D eigenvalue weighted by Gasteiger charge is -2.35. The van der Waals surface area contributed by atoms with Crippen molar-refractivity contribution in [2.24, 2.45) is 0 Å². The van der Waals surface area contributed by atoms with Crippen molar-refractivity contribution in [1.29, 1.82) is 0 Å². The second-order valence-electron chi connectivity index (χ2n) is 5.63. The largest absolute Gasteiger partial charge is 0.331 e. The lowest BCUT2D eigenvalue weighted by molar-refractivity contribution is -0.134. The Labute approximate surface area is 131 Å². The Balaban J connectivity index is 1.85. The van der Waals surface area contributed by atoms with Crippen molar-refractivity contribution in [2.45, 2.75) is 25.3 Å². The minimum absolute atomic E-state index is 0.0809. The van der Waals surface area contributed by atoms with E-state index < -0.39 is 0 Å². The van der Waals surface area contributed by atoms with Crippen LogP contribution in [0.15, 0.2) is 67.0 Å². The van der Waals surface area contributed by atoms with E-state index in [4.69, 9.17) is 0 Å². The van der Waals surface area contributed by atoms with E-state index in [2.05, 4.69) is 17.1 Å². The van der Waals surface area contributed by atoms with Crippen molar-refractivity contribution in [3.63, 3.8) is 0 Å². The van der Waals surface area contributed by atoms with Gasteiger partial charge in [-0.1, -0.05) is 48.6 Å². The second kappa shape index (κ2) is 6.56. The third-order valence-electron chi connectivity index (χ3n) is 4.23. The standard InChI is InChI=1S/C19H20N2O/c1-15(16-8-3-2-4-9-16)19(22)21-13-6-5-11-18(21)17-10-7-12-20-14-17/h2-10,12,14-15,18H,11,13H2,1H3/t15-,18+/m0/s1. The van der Waals surface area contributed by atoms with E-state index in [0.29, 0.717) is 6.54 Å². The van der Waals surface area contributed by atoms with E-state index in [0.717, 1.165) is 17.5 Å². The highest BCUT2D eigenvalue weighted by Crippen LogP contribution is 2.30. The fraction of sp³-hybridized carbons (Fsp3) is 0.263. The van der Waals surface area contributed by atoms with Gasteiger partial charge in [0.1, 0.15) is 0 Å². The maximum atomic E-state index is 13.0. The zero-order valence-electron chi connectivity index (χ0n) is 12.7. The number of carbonyl (C=O) groups is 1. The molecule has 2 heterocycles. The number of nitrogens with zero attached hydrogens (tertiary/aromatic N) is 2. The summed E-state index contributed by atoms with van der Waals surface area (Å²) in [6.45, 7) is 2.64. The first kappa shape index (κ1) is 14.5. The average Bonchev–Trinajstić information content (AvgIpc) is 2.62. The molecule has 1 aliphatic rings. The van der Waals surface area contributed by atoms with Crippen LogP contribution in [0, 0.1) is 0 Å². The van der Waals surface area contributed by atoms with Crippen molar-refractivity contribution in [3.8, 4) is 0 Å². The number of aromatic nitrogens is 1. The molecule has 0 aliphatic carbocycles. The summed E-state index contributed by atoms with van der Waals surface area (Å²) in [6.07, 6.45) is 8.69. The number of amides is 1. The lowest BCUT2D eigenvalue weighted by Crippen LogP contribution is -2.39. The molecule has 22 heavy (non-hydrogen) atoms. The molecule has 0 unspecified atom stereocenters. The summed E-state index contributed by atoms with van der Waals surface area (Å²) < 4.78 is 0. The van der Waals surface area contributed by atoms with Crippen LogP contribution in [0.3, 0.4) is 0 Å². The van der Waals surface area contributed by atoms with Gasteiger partial charge in [0.2, 0.25) is 5.91 Å². The van der Waals surface area contributed by atoms with Gasteiger partial charge in [-0.3, -0.25) is 9.78 Å². The molecule has 3 nitrogen and oxygen atoms in total. The van der Waals surface area contributed by atoms with Crippen molar-refractivity contribution in [3.05, 3.63) is 78.1 Å². The van der Waals surface area contributed by atoms with E-state index in [1.165, 1.54) is 0 Å². The summed E-state index contributed by atoms with van der Waals surface area (Å²) in [5.41, 5.74) is 2.16. The maximum absolute atomic E-state index is 13.0. The molecular formula is C19H20N2O. The molecule has 0 bridgehead atoms. The molecule has 2 aromatic rings. The summed E-state index contributed by atoms with van der Waals surface area (Å²) in [5.74, 6) is 0.0382. The van der Waals surface area contributed by atoms with Gasteiger partial charge in [0.25, 0.3) is 0 Å². The first-order valence-corrected chi connectivity index (χ1v) is 7.67. The summed E-state index contributed by atoms with van der Waals surface area (Å²) in [7, 11) is 0. The van der Waals surface area contributed by atoms with Gasteiger partial charge in [-0.25, -0.2) is 0 Å². The zero-order chi connectivity index (χ0) is 15.4. The third-order valence-corrected chi connectivity index (χ3v) is 4.23. The van der Waals surface area contributed by atoms with E-state index in [-0.39, 0.29) is 17.9 Å². The molecule has 1 aliphatic heterocycles. The van der Waals surface area contributed by atoms with E-state index in [9.17, 15) is 4.79 Å². The summed E-state index contributed by atoms with van der Waals surface area (Å²) in [5, 5.41) is 0. The Hall–Kier alpha value is -2.42. The van der Waals surface area contributed by atoms with Crippen LogP contribution in [0.1, 0.15) is 36.4 Å². The summed E-state index contributed by atoms with van der Waals surface area (Å²) >= 11 is 0. The zero-order valence-corrected chi connectivity index (χ0v) is 12.7. The molecule has 2 atom stereocenters. The van der Waals surface area contributed by atoms with Gasteiger partial charge in [-0.15, -0.1) is 0 Å². The highest BCUT2D eigenvalue weighted by Gasteiger charge is 2.29. The number of pyridine rings is 1. The normalized spacial score (nSPS) is 19.0. The van der Waals surface area contributed by atoms with Crippen LogP contribution in [0.2, 0.25) is 0 Å². The molecule has 3 rings (SSSR count). The summed E-state index contributed by atoms with van der Waals surface area (Å²) in [6, 6.07) is 14.0. The lowest BCUT2D eigenvalue weighted by atomic mass is 9.95. The molecular weight excluding hydrogens is 272 g/mol. The molecule has 1 amide bonds. The number of hydrogen-bond acceptors (Lipinski definition) is 2. The fourth-order valence-electron chi connectivity index (χ4n) is 2.93. The first-order valence-electron chi connectivity index (χ1n) is 7.67. The van der Waals surface area contributed by atoms with E-state index in [1.54, 1.807) is 6.20 Å². The Morgan fingerprint density at radius 3 is 2.73 bits per heavy atom. The minimum Gasteiger partial charge on any atom is -0.331 e. The highest BCUT2D eigenvalue weighted by atomic mass is 16.2. The van der Waals surface area contributed by atoms with Crippen molar-refractivity contribution < 1.29 is 4.79 Å². The number of carbonyl (C=O) groups excluding carboxylic acids is 1. The molecule has 0 fully saturated rings. The van der Waals surface area contributed by atoms with Crippen molar-refractivity contribution in [1.82, 2.24) is 9.88 Å². The average molecular weight is 292 g/mol. The molecule has 0 saturated heterocycles. The Bertz CT molecular complexity index is 652. The van der Waals surface area contributed by atoms with Crippen LogP contribution < -0.4 is 0 Å². The molecule has 3 heteroatoms. The van der Waals surface area contributed by atoms with Crippen LogP contribution in [-0.4, -0.2) is 22.3 Å². The van der Waals surface area contributed by atoms with Crippen LogP contribution in [0.4, 0.5) is 0 Å². The van der Waals surface area contributed by atoms with Crippen LogP contribution in [0.25, 0.3) is 0 Å². The topological polar surface area (TPSA) is 33.2 Å². The second-order valence-corrected chi connectivity index (χ2v) is 5.63. The molecule has 0 N–H and O–H groups in total. The van der Waals surface area contributed by atoms with Crippen LogP contribution in [0.5, 0.6) is 0 Å². The van der Waals surface area contributed by atoms with Gasteiger partial charge in [0.15, 0.2) is 0 Å². The maximum Gasteiger partial charge on any atom is 0.230 e. The Morgan fingerprint density at radius 2 is 2.00 bits per heavy atom. The van der Waals surface area contributed by atoms with Gasteiger partial charge in [0, 0.05) is 18.9 Å². The molecule has 1 aromatic carbocycles. The smallest absolute Gasteiger partial charge is 0.230 e. The fourth-order valence-corrected chi connectivity index (χ4v) is 2.93. The van der Waals surface area contributed by atoms with E-state index >= 15 is 0 Å². The minimum atomic E-state index is -0.133. The number of hydrogen-bond donors (Lipinski definition) is 0. The number of rotatable bonds is 3. The third kappa shape index (κ3) is 2.93. The Morgan fingerprint density at radius 1 is 1.18 bits per heavy atom. The van der Waals surface area contributed by atoms with Gasteiger partial charge in [-0.2, -0.15) is 0 Å². The molecule has 0 saturated carbocycles. The monoisotopic (exact) mass is 292 g/mol. The van der Waals surface area contributed by atoms with Gasteiger partial charge >= 0.3 is 0 Å². The van der Waals surface area contributed by atoms with Gasteiger partial charge in [0.05, 0.1) is 12.0 Å². The van der Waals surface area contributed by atoms with Crippen LogP contribution in [-0.2, 0) is 4.79 Å². The molecule has 0 spiro atoms. The predicted octanol–water partition coefficient (Wildman–Crippen LogP) is 3.71. The molecule has 1 aromatic heterocycles.